The number of benzene rings is 1. The summed E-state index contributed by atoms with van der Waals surface area (Å²) in [7, 11) is 0. The first-order valence-corrected chi connectivity index (χ1v) is 7.13. The fraction of sp³-hybridized carbons (Fsp3) is 0.214. The highest BCUT2D eigenvalue weighted by atomic mass is 79.9. The molecule has 21 heavy (non-hydrogen) atoms. The van der Waals surface area contributed by atoms with Crippen LogP contribution in [0.1, 0.15) is 23.0 Å². The molecule has 110 valence electrons. The number of nitro groups is 1. The smallest absolute Gasteiger partial charge is 0.287 e. The Labute approximate surface area is 130 Å². The Morgan fingerprint density at radius 1 is 1.43 bits per heavy atom. The lowest BCUT2D eigenvalue weighted by atomic mass is 10.2. The highest BCUT2D eigenvalue weighted by Gasteiger charge is 2.19. The molecular weight excluding hydrogens is 338 g/mol. The molecule has 0 spiro atoms. The van der Waals surface area contributed by atoms with Crippen LogP contribution < -0.4 is 5.32 Å². The maximum atomic E-state index is 12.3. The van der Waals surface area contributed by atoms with Gasteiger partial charge >= 0.3 is 0 Å². The van der Waals surface area contributed by atoms with Crippen LogP contribution in [0, 0.1) is 17.0 Å². The number of nitrogens with one attached hydrogen (secondary N) is 1. The van der Waals surface area contributed by atoms with Crippen LogP contribution in [0.2, 0.25) is 0 Å². The summed E-state index contributed by atoms with van der Waals surface area (Å²) in [5, 5.41) is 13.6. The summed E-state index contributed by atoms with van der Waals surface area (Å²) in [6, 6.07) is 6.86. The summed E-state index contributed by atoms with van der Waals surface area (Å²) >= 11 is 3.37. The minimum Gasteiger partial charge on any atom is -0.337 e. The number of anilines is 1. The monoisotopic (exact) mass is 351 g/mol. The molecule has 0 aliphatic heterocycles. The van der Waals surface area contributed by atoms with Gasteiger partial charge in [-0.15, -0.1) is 0 Å². The molecule has 0 radical (unpaired) electrons. The number of hydrogen-bond donors (Lipinski definition) is 1. The second-order valence-electron chi connectivity index (χ2n) is 4.56. The van der Waals surface area contributed by atoms with Gasteiger partial charge in [-0.1, -0.05) is 6.07 Å². The van der Waals surface area contributed by atoms with Gasteiger partial charge in [-0.05, 0) is 47.5 Å². The third-order valence-corrected chi connectivity index (χ3v) is 3.73. The summed E-state index contributed by atoms with van der Waals surface area (Å²) in [5.74, 6) is -0.378. The van der Waals surface area contributed by atoms with Gasteiger partial charge in [-0.3, -0.25) is 14.9 Å². The number of amides is 1. The number of aromatic nitrogens is 1. The predicted molar refractivity (Wildman–Crippen MR) is 83.6 cm³/mol. The molecule has 1 heterocycles. The van der Waals surface area contributed by atoms with Crippen LogP contribution in [-0.4, -0.2) is 15.4 Å². The Morgan fingerprint density at radius 3 is 2.76 bits per heavy atom. The predicted octanol–water partition coefficient (Wildman–Crippen LogP) is 3.74. The standard InChI is InChI=1S/C14H14BrN3O3/c1-3-17-8-10(18(20)21)7-13(17)14(19)16-12-6-9(2)4-5-11(12)15/h4-8H,3H2,1-2H3,(H,16,19). The van der Waals surface area contributed by atoms with Gasteiger partial charge in [-0.2, -0.15) is 0 Å². The number of hydrogen-bond acceptors (Lipinski definition) is 3. The zero-order chi connectivity index (χ0) is 15.6. The van der Waals surface area contributed by atoms with E-state index in [1.165, 1.54) is 12.3 Å². The van der Waals surface area contributed by atoms with E-state index in [2.05, 4.69) is 21.2 Å². The molecular formula is C14H14BrN3O3. The fourth-order valence-electron chi connectivity index (χ4n) is 1.97. The summed E-state index contributed by atoms with van der Waals surface area (Å²) < 4.78 is 2.31. The van der Waals surface area contributed by atoms with E-state index < -0.39 is 4.92 Å². The molecule has 1 aromatic carbocycles. The summed E-state index contributed by atoms with van der Waals surface area (Å²) in [6.45, 7) is 4.22. The summed E-state index contributed by atoms with van der Waals surface area (Å²) in [5.41, 5.74) is 1.81. The van der Waals surface area contributed by atoms with Crippen molar-refractivity contribution in [1.29, 1.82) is 0 Å². The van der Waals surface area contributed by atoms with Gasteiger partial charge in [-0.25, -0.2) is 0 Å². The van der Waals surface area contributed by atoms with Crippen LogP contribution in [0.15, 0.2) is 34.9 Å². The Kier molecular flexibility index (Phi) is 4.42. The quantitative estimate of drug-likeness (QED) is 0.673. The van der Waals surface area contributed by atoms with Crippen LogP contribution in [0.25, 0.3) is 0 Å². The average Bonchev–Trinajstić information content (AvgIpc) is 2.87. The molecule has 0 aliphatic rings. The van der Waals surface area contributed by atoms with Crippen molar-refractivity contribution >= 4 is 33.2 Å². The lowest BCUT2D eigenvalue weighted by Gasteiger charge is -2.09. The van der Waals surface area contributed by atoms with Crippen molar-refractivity contribution in [2.24, 2.45) is 0 Å². The first kappa shape index (κ1) is 15.2. The van der Waals surface area contributed by atoms with Gasteiger partial charge in [0.1, 0.15) is 5.69 Å². The van der Waals surface area contributed by atoms with E-state index in [-0.39, 0.29) is 17.3 Å². The normalized spacial score (nSPS) is 10.4. The molecule has 2 aromatic rings. The maximum absolute atomic E-state index is 12.3. The van der Waals surface area contributed by atoms with E-state index in [0.29, 0.717) is 12.2 Å². The second-order valence-corrected chi connectivity index (χ2v) is 5.42. The Hall–Kier alpha value is -2.15. The largest absolute Gasteiger partial charge is 0.337 e. The molecule has 2 rings (SSSR count). The van der Waals surface area contributed by atoms with Crippen LogP contribution in [0.3, 0.4) is 0 Å². The molecule has 1 aromatic heterocycles. The molecule has 0 unspecified atom stereocenters. The van der Waals surface area contributed by atoms with Crippen molar-refractivity contribution in [1.82, 2.24) is 4.57 Å². The summed E-state index contributed by atoms with van der Waals surface area (Å²) in [4.78, 5) is 22.6. The molecule has 0 saturated heterocycles. The average molecular weight is 352 g/mol. The van der Waals surface area contributed by atoms with Gasteiger partial charge in [0.15, 0.2) is 0 Å². The van der Waals surface area contributed by atoms with E-state index in [4.69, 9.17) is 0 Å². The van der Waals surface area contributed by atoms with Crippen molar-refractivity contribution in [2.75, 3.05) is 5.32 Å². The number of carbonyl (C=O) groups is 1. The van der Waals surface area contributed by atoms with E-state index in [1.54, 1.807) is 4.57 Å². The van der Waals surface area contributed by atoms with Gasteiger partial charge in [0.2, 0.25) is 0 Å². The number of halogens is 1. The van der Waals surface area contributed by atoms with Gasteiger partial charge in [0, 0.05) is 17.1 Å². The van der Waals surface area contributed by atoms with Gasteiger partial charge in [0.05, 0.1) is 16.8 Å². The minimum absolute atomic E-state index is 0.0923. The fourth-order valence-corrected chi connectivity index (χ4v) is 2.31. The first-order valence-electron chi connectivity index (χ1n) is 6.34. The van der Waals surface area contributed by atoms with Crippen LogP contribution in [0.4, 0.5) is 11.4 Å². The van der Waals surface area contributed by atoms with Crippen molar-refractivity contribution in [3.63, 3.8) is 0 Å². The van der Waals surface area contributed by atoms with Crippen LogP contribution in [0.5, 0.6) is 0 Å². The summed E-state index contributed by atoms with van der Waals surface area (Å²) in [6.07, 6.45) is 1.36. The molecule has 1 N–H and O–H groups in total. The number of aryl methyl sites for hydroxylation is 2. The van der Waals surface area contributed by atoms with E-state index in [9.17, 15) is 14.9 Å². The van der Waals surface area contributed by atoms with Gasteiger partial charge in [0.25, 0.3) is 11.6 Å². The van der Waals surface area contributed by atoms with Crippen LogP contribution in [-0.2, 0) is 6.54 Å². The lowest BCUT2D eigenvalue weighted by molar-refractivity contribution is -0.384. The molecule has 0 fully saturated rings. The van der Waals surface area contributed by atoms with Crippen molar-refractivity contribution in [3.05, 3.63) is 56.3 Å². The van der Waals surface area contributed by atoms with E-state index in [1.807, 2.05) is 32.0 Å². The van der Waals surface area contributed by atoms with Crippen molar-refractivity contribution in [3.8, 4) is 0 Å². The zero-order valence-electron chi connectivity index (χ0n) is 11.6. The molecule has 0 aliphatic carbocycles. The van der Waals surface area contributed by atoms with Gasteiger partial charge < -0.3 is 9.88 Å². The van der Waals surface area contributed by atoms with Crippen LogP contribution >= 0.6 is 15.9 Å². The molecule has 0 saturated carbocycles. The second kappa shape index (κ2) is 6.09. The molecule has 7 heteroatoms. The minimum atomic E-state index is -0.508. The third kappa shape index (κ3) is 3.30. The highest BCUT2D eigenvalue weighted by Crippen LogP contribution is 2.25. The lowest BCUT2D eigenvalue weighted by Crippen LogP contribution is -2.16. The van der Waals surface area contributed by atoms with Crippen molar-refractivity contribution < 1.29 is 9.72 Å². The number of nitrogens with zero attached hydrogens (tertiary/aromatic N) is 2. The van der Waals surface area contributed by atoms with Crippen molar-refractivity contribution in [2.45, 2.75) is 20.4 Å². The highest BCUT2D eigenvalue weighted by molar-refractivity contribution is 9.10. The third-order valence-electron chi connectivity index (χ3n) is 3.04. The zero-order valence-corrected chi connectivity index (χ0v) is 13.2. The Bertz CT molecular complexity index is 709. The molecule has 0 bridgehead atoms. The topological polar surface area (TPSA) is 77.2 Å². The first-order chi connectivity index (χ1) is 9.92. The molecule has 6 nitrogen and oxygen atoms in total. The molecule has 0 atom stereocenters. The number of rotatable bonds is 4. The maximum Gasteiger partial charge on any atom is 0.287 e. The van der Waals surface area contributed by atoms with E-state index >= 15 is 0 Å². The SMILES string of the molecule is CCn1cc([N+](=O)[O-])cc1C(=O)Nc1cc(C)ccc1Br. The number of carbonyl (C=O) groups excluding carboxylic acids is 1. The van der Waals surface area contributed by atoms with E-state index in [0.717, 1.165) is 10.0 Å². The molecule has 1 amide bonds. The Balaban J connectivity index is 2.32. The Morgan fingerprint density at radius 2 is 2.14 bits per heavy atom.